The van der Waals surface area contributed by atoms with Crippen molar-refractivity contribution in [1.82, 2.24) is 4.98 Å². The molecule has 24 heavy (non-hydrogen) atoms. The predicted molar refractivity (Wildman–Crippen MR) is 99.7 cm³/mol. The Kier molecular flexibility index (Phi) is 3.69. The first kappa shape index (κ1) is 15.4. The quantitative estimate of drug-likeness (QED) is 0.613. The molecule has 4 rings (SSSR count). The molecule has 2 aliphatic carbocycles. The van der Waals surface area contributed by atoms with Gasteiger partial charge in [0.2, 0.25) is 0 Å². The van der Waals surface area contributed by atoms with Crippen LogP contribution >= 0.6 is 12.6 Å². The third-order valence-corrected chi connectivity index (χ3v) is 5.51. The van der Waals surface area contributed by atoms with E-state index in [1.54, 1.807) is 12.4 Å². The van der Waals surface area contributed by atoms with Gasteiger partial charge in [0, 0.05) is 24.3 Å². The SMILES string of the molecule is CC1(S)C=CC2=C(CC3C/C(=C(/C#N)c4ccncc4)CC23)N=C1. The standard InChI is InChI=1S/C20H19N3S/c1-20(24)5-2-16-17-9-14(8-15(17)10-19(16)23-12-20)18(11-21)13-3-6-22-7-4-13/h2-7,12,15,17,24H,8-10H2,1H3/b18-14+. The number of aromatic nitrogens is 1. The van der Waals surface area contributed by atoms with Gasteiger partial charge in [-0.15, -0.1) is 0 Å². The van der Waals surface area contributed by atoms with Crippen LogP contribution < -0.4 is 0 Å². The largest absolute Gasteiger partial charge is 0.265 e. The molecular formula is C20H19N3S. The first-order chi connectivity index (χ1) is 11.6. The minimum absolute atomic E-state index is 0.286. The molecule has 4 heteroatoms. The summed E-state index contributed by atoms with van der Waals surface area (Å²) in [4.78, 5) is 8.75. The second-order valence-corrected chi connectivity index (χ2v) is 7.99. The first-order valence-electron chi connectivity index (χ1n) is 8.30. The highest BCUT2D eigenvalue weighted by atomic mass is 32.1. The number of thiol groups is 1. The highest BCUT2D eigenvalue weighted by molar-refractivity contribution is 7.82. The fourth-order valence-electron chi connectivity index (χ4n) is 4.06. The Labute approximate surface area is 147 Å². The zero-order chi connectivity index (χ0) is 16.7. The number of hydrogen-bond donors (Lipinski definition) is 1. The van der Waals surface area contributed by atoms with Gasteiger partial charge in [0.25, 0.3) is 0 Å². The van der Waals surface area contributed by atoms with Gasteiger partial charge in [-0.1, -0.05) is 17.7 Å². The molecule has 3 atom stereocenters. The van der Waals surface area contributed by atoms with Crippen molar-refractivity contribution in [2.24, 2.45) is 16.8 Å². The Morgan fingerprint density at radius 3 is 2.83 bits per heavy atom. The first-order valence-corrected chi connectivity index (χ1v) is 8.74. The molecule has 1 fully saturated rings. The Morgan fingerprint density at radius 2 is 2.08 bits per heavy atom. The Bertz CT molecular complexity index is 837. The molecule has 2 heterocycles. The maximum Gasteiger partial charge on any atom is 0.0997 e. The minimum Gasteiger partial charge on any atom is -0.265 e. The predicted octanol–water partition coefficient (Wildman–Crippen LogP) is 4.37. The molecular weight excluding hydrogens is 314 g/mol. The molecule has 1 aromatic heterocycles. The fourth-order valence-corrected chi connectivity index (χ4v) is 4.19. The van der Waals surface area contributed by atoms with Crippen molar-refractivity contribution in [3.8, 4) is 6.07 Å². The van der Waals surface area contributed by atoms with E-state index < -0.39 is 0 Å². The lowest BCUT2D eigenvalue weighted by Crippen LogP contribution is -2.14. The maximum atomic E-state index is 9.66. The van der Waals surface area contributed by atoms with Crippen LogP contribution in [-0.2, 0) is 0 Å². The van der Waals surface area contributed by atoms with Gasteiger partial charge in [-0.05, 0) is 61.3 Å². The second-order valence-electron chi connectivity index (χ2n) is 7.02. The molecule has 1 aromatic rings. The normalized spacial score (nSPS) is 33.0. The van der Waals surface area contributed by atoms with Crippen LogP contribution in [0.1, 0.15) is 31.7 Å². The number of allylic oxidation sites excluding steroid dienone is 5. The Hall–Kier alpha value is -2.12. The lowest BCUT2D eigenvalue weighted by Gasteiger charge is -2.13. The van der Waals surface area contributed by atoms with E-state index in [1.165, 1.54) is 16.8 Å². The van der Waals surface area contributed by atoms with Gasteiger partial charge in [0.15, 0.2) is 0 Å². The van der Waals surface area contributed by atoms with Crippen molar-refractivity contribution in [2.45, 2.75) is 30.9 Å². The average molecular weight is 333 g/mol. The van der Waals surface area contributed by atoms with Crippen molar-refractivity contribution < 1.29 is 0 Å². The fraction of sp³-hybridized carbons (Fsp3) is 0.350. The number of aliphatic imine (C=N–C) groups is 1. The minimum atomic E-state index is -0.286. The molecule has 3 unspecified atom stereocenters. The molecule has 0 aromatic carbocycles. The number of nitrogens with zero attached hydrogens (tertiary/aromatic N) is 3. The van der Waals surface area contributed by atoms with Crippen LogP contribution in [0.25, 0.3) is 5.57 Å². The van der Waals surface area contributed by atoms with Gasteiger partial charge in [0.05, 0.1) is 16.4 Å². The van der Waals surface area contributed by atoms with E-state index >= 15 is 0 Å². The van der Waals surface area contributed by atoms with E-state index in [-0.39, 0.29) is 4.75 Å². The van der Waals surface area contributed by atoms with Crippen molar-refractivity contribution in [1.29, 1.82) is 5.26 Å². The van der Waals surface area contributed by atoms with Crippen LogP contribution in [-0.4, -0.2) is 15.9 Å². The molecule has 1 aliphatic heterocycles. The van der Waals surface area contributed by atoms with Crippen molar-refractivity contribution in [2.75, 3.05) is 0 Å². The molecule has 0 saturated heterocycles. The topological polar surface area (TPSA) is 49.0 Å². The molecule has 0 radical (unpaired) electrons. The molecule has 1 saturated carbocycles. The summed E-state index contributed by atoms with van der Waals surface area (Å²) >= 11 is 4.62. The highest BCUT2D eigenvalue weighted by Crippen LogP contribution is 2.52. The third-order valence-electron chi connectivity index (χ3n) is 5.25. The molecule has 3 aliphatic rings. The summed E-state index contributed by atoms with van der Waals surface area (Å²) in [5.41, 5.74) is 5.64. The van der Waals surface area contributed by atoms with E-state index in [9.17, 15) is 5.26 Å². The lowest BCUT2D eigenvalue weighted by atomic mass is 9.93. The number of fused-ring (bicyclic) bond motifs is 2. The van der Waals surface area contributed by atoms with Crippen LogP contribution in [0.5, 0.6) is 0 Å². The monoisotopic (exact) mass is 333 g/mol. The van der Waals surface area contributed by atoms with Crippen LogP contribution in [0.15, 0.2) is 58.5 Å². The van der Waals surface area contributed by atoms with Gasteiger partial charge in [0.1, 0.15) is 0 Å². The van der Waals surface area contributed by atoms with E-state index in [2.05, 4.69) is 35.8 Å². The Morgan fingerprint density at radius 1 is 1.29 bits per heavy atom. The third kappa shape index (κ3) is 2.63. The van der Waals surface area contributed by atoms with Crippen LogP contribution in [0.2, 0.25) is 0 Å². The number of hydrogen-bond acceptors (Lipinski definition) is 4. The van der Waals surface area contributed by atoms with Crippen LogP contribution in [0.3, 0.4) is 0 Å². The zero-order valence-corrected chi connectivity index (χ0v) is 14.5. The van der Waals surface area contributed by atoms with Gasteiger partial charge >= 0.3 is 0 Å². The van der Waals surface area contributed by atoms with E-state index in [0.29, 0.717) is 11.8 Å². The number of nitriles is 1. The van der Waals surface area contributed by atoms with Crippen molar-refractivity contribution in [3.63, 3.8) is 0 Å². The number of rotatable bonds is 1. The lowest BCUT2D eigenvalue weighted by molar-refractivity contribution is 0.483. The highest BCUT2D eigenvalue weighted by Gasteiger charge is 2.41. The average Bonchev–Trinajstić information content (AvgIpc) is 3.06. The smallest absolute Gasteiger partial charge is 0.0997 e. The second kappa shape index (κ2) is 5.75. The molecule has 0 bridgehead atoms. The summed E-state index contributed by atoms with van der Waals surface area (Å²) < 4.78 is -0.286. The van der Waals surface area contributed by atoms with E-state index in [4.69, 9.17) is 4.99 Å². The molecule has 3 nitrogen and oxygen atoms in total. The molecule has 0 N–H and O–H groups in total. The summed E-state index contributed by atoms with van der Waals surface area (Å²) in [6.07, 6.45) is 12.7. The summed E-state index contributed by atoms with van der Waals surface area (Å²) in [6, 6.07) is 6.27. The summed E-state index contributed by atoms with van der Waals surface area (Å²) in [7, 11) is 0. The van der Waals surface area contributed by atoms with Crippen molar-refractivity contribution >= 4 is 24.4 Å². The van der Waals surface area contributed by atoms with Gasteiger partial charge in [-0.2, -0.15) is 17.9 Å². The maximum absolute atomic E-state index is 9.66. The van der Waals surface area contributed by atoms with Gasteiger partial charge in [-0.25, -0.2) is 0 Å². The number of pyridine rings is 1. The summed E-state index contributed by atoms with van der Waals surface area (Å²) in [5.74, 6) is 1.05. The van der Waals surface area contributed by atoms with Gasteiger partial charge in [-0.3, -0.25) is 9.98 Å². The van der Waals surface area contributed by atoms with Crippen LogP contribution in [0.4, 0.5) is 0 Å². The molecule has 0 spiro atoms. The summed E-state index contributed by atoms with van der Waals surface area (Å²) in [6.45, 7) is 2.05. The van der Waals surface area contributed by atoms with E-state index in [0.717, 1.165) is 30.4 Å². The summed E-state index contributed by atoms with van der Waals surface area (Å²) in [5, 5.41) is 9.66. The molecule has 0 amide bonds. The molecule has 120 valence electrons. The van der Waals surface area contributed by atoms with Gasteiger partial charge < -0.3 is 0 Å². The van der Waals surface area contributed by atoms with E-state index in [1.807, 2.05) is 25.3 Å². The van der Waals surface area contributed by atoms with Crippen molar-refractivity contribution in [3.05, 3.63) is 59.1 Å². The Balaban J connectivity index is 1.67. The van der Waals surface area contributed by atoms with Crippen LogP contribution in [0, 0.1) is 23.2 Å². The zero-order valence-electron chi connectivity index (χ0n) is 13.6.